The number of esters is 1. The fourth-order valence-corrected chi connectivity index (χ4v) is 5.02. The maximum Gasteiger partial charge on any atom is 0.330 e. The summed E-state index contributed by atoms with van der Waals surface area (Å²) in [5.74, 6) is -0.460. The van der Waals surface area contributed by atoms with Gasteiger partial charge in [-0.1, -0.05) is 47.0 Å². The first-order valence-electron chi connectivity index (χ1n) is 9.63. The number of nitrogens with zero attached hydrogens (tertiary/aromatic N) is 2. The van der Waals surface area contributed by atoms with E-state index in [1.807, 2.05) is 12.1 Å². The van der Waals surface area contributed by atoms with E-state index >= 15 is 0 Å². The maximum atomic E-state index is 13.6. The molecule has 1 heterocycles. The third-order valence-corrected chi connectivity index (χ3v) is 6.76. The predicted octanol–water partition coefficient (Wildman–Crippen LogP) is 4.60. The summed E-state index contributed by atoms with van der Waals surface area (Å²) in [5, 5.41) is -0.164. The van der Waals surface area contributed by atoms with Crippen LogP contribution in [0.5, 0.6) is 0 Å². The van der Waals surface area contributed by atoms with Crippen molar-refractivity contribution in [3.63, 3.8) is 0 Å². The normalized spacial score (nSPS) is 21.0. The van der Waals surface area contributed by atoms with Gasteiger partial charge in [0.2, 0.25) is 5.91 Å². The summed E-state index contributed by atoms with van der Waals surface area (Å²) >= 11 is 4.51. The molecule has 0 radical (unpaired) electrons. The summed E-state index contributed by atoms with van der Waals surface area (Å²) < 4.78 is 6.05. The Balaban J connectivity index is 2.11. The highest BCUT2D eigenvalue weighted by Gasteiger charge is 2.40. The van der Waals surface area contributed by atoms with Crippen molar-refractivity contribution >= 4 is 56.2 Å². The molecule has 0 unspecified atom stereocenters. The molecule has 1 fully saturated rings. The van der Waals surface area contributed by atoms with Crippen LogP contribution in [0.4, 0.5) is 16.2 Å². The number of anilines is 2. The lowest BCUT2D eigenvalue weighted by Crippen LogP contribution is -2.52. The molecule has 0 bridgehead atoms. The van der Waals surface area contributed by atoms with E-state index in [1.54, 1.807) is 24.9 Å². The fourth-order valence-electron chi connectivity index (χ4n) is 3.79. The molecule has 1 aliphatic heterocycles. The Morgan fingerprint density at radius 1 is 1.21 bits per heavy atom. The van der Waals surface area contributed by atoms with Gasteiger partial charge in [0.05, 0.1) is 18.0 Å². The summed E-state index contributed by atoms with van der Waals surface area (Å²) in [7, 11) is 1.69. The van der Waals surface area contributed by atoms with E-state index in [0.717, 1.165) is 48.3 Å². The second-order valence-corrected chi connectivity index (χ2v) is 8.97. The zero-order chi connectivity index (χ0) is 20.3. The summed E-state index contributed by atoms with van der Waals surface area (Å²) in [6.45, 7) is 1.97. The molecule has 6 nitrogen and oxygen atoms in total. The van der Waals surface area contributed by atoms with Crippen LogP contribution in [0.1, 0.15) is 39.0 Å². The van der Waals surface area contributed by atoms with Gasteiger partial charge in [0.15, 0.2) is 0 Å². The minimum absolute atomic E-state index is 0.0551. The number of hydrogen-bond donors (Lipinski definition) is 0. The number of carbonyl (C=O) groups excluding carboxylic acids is 3. The molecule has 0 saturated heterocycles. The van der Waals surface area contributed by atoms with Crippen LogP contribution >= 0.6 is 27.7 Å². The van der Waals surface area contributed by atoms with Crippen molar-refractivity contribution in [2.24, 2.45) is 5.92 Å². The van der Waals surface area contributed by atoms with E-state index in [-0.39, 0.29) is 29.4 Å². The van der Waals surface area contributed by atoms with Gasteiger partial charge in [-0.2, -0.15) is 0 Å². The molecule has 28 heavy (non-hydrogen) atoms. The fraction of sp³-hybridized carbons (Fsp3) is 0.550. The molecule has 1 atom stereocenters. The SMILES string of the molecule is CCOC(=O)[C@@H]1CSC(=O)N(C)c2ccc(Br)cc2N1C(=O)C1CCCCC1. The molecule has 0 spiro atoms. The molecular formula is C20H25BrN2O4S. The molecule has 8 heteroatoms. The molecular weight excluding hydrogens is 444 g/mol. The number of rotatable bonds is 3. The summed E-state index contributed by atoms with van der Waals surface area (Å²) in [6.07, 6.45) is 4.84. The van der Waals surface area contributed by atoms with Gasteiger partial charge in [-0.3, -0.25) is 14.5 Å². The number of fused-ring (bicyclic) bond motifs is 1. The van der Waals surface area contributed by atoms with E-state index < -0.39 is 12.0 Å². The molecule has 1 aromatic rings. The van der Waals surface area contributed by atoms with E-state index in [0.29, 0.717) is 11.4 Å². The third kappa shape index (κ3) is 4.38. The monoisotopic (exact) mass is 468 g/mol. The van der Waals surface area contributed by atoms with Gasteiger partial charge in [0.25, 0.3) is 5.24 Å². The van der Waals surface area contributed by atoms with Crippen LogP contribution in [0.2, 0.25) is 0 Å². The highest BCUT2D eigenvalue weighted by Crippen LogP contribution is 2.39. The summed E-state index contributed by atoms with van der Waals surface area (Å²) in [4.78, 5) is 42.0. The number of amides is 2. The number of thioether (sulfide) groups is 1. The van der Waals surface area contributed by atoms with Gasteiger partial charge in [-0.05, 0) is 38.0 Å². The largest absolute Gasteiger partial charge is 0.464 e. The smallest absolute Gasteiger partial charge is 0.330 e. The van der Waals surface area contributed by atoms with Crippen molar-refractivity contribution < 1.29 is 19.1 Å². The average molecular weight is 469 g/mol. The van der Waals surface area contributed by atoms with Gasteiger partial charge >= 0.3 is 5.97 Å². The molecule has 0 aromatic heterocycles. The molecule has 2 amide bonds. The number of halogens is 1. The zero-order valence-corrected chi connectivity index (χ0v) is 18.6. The van der Waals surface area contributed by atoms with Gasteiger partial charge in [0.1, 0.15) is 6.04 Å². The quantitative estimate of drug-likeness (QED) is 0.606. The molecule has 1 aliphatic carbocycles. The maximum absolute atomic E-state index is 13.6. The lowest BCUT2D eigenvalue weighted by molar-refractivity contribution is -0.145. The van der Waals surface area contributed by atoms with E-state index in [4.69, 9.17) is 4.74 Å². The van der Waals surface area contributed by atoms with Crippen LogP contribution in [0.15, 0.2) is 22.7 Å². The first-order chi connectivity index (χ1) is 13.4. The van der Waals surface area contributed by atoms with Crippen molar-refractivity contribution in [3.05, 3.63) is 22.7 Å². The minimum atomic E-state index is -0.829. The number of benzene rings is 1. The summed E-state index contributed by atoms with van der Waals surface area (Å²) in [6, 6.07) is 4.61. The van der Waals surface area contributed by atoms with Crippen molar-refractivity contribution in [1.82, 2.24) is 0 Å². The third-order valence-electron chi connectivity index (χ3n) is 5.26. The minimum Gasteiger partial charge on any atom is -0.464 e. The predicted molar refractivity (Wildman–Crippen MR) is 115 cm³/mol. The topological polar surface area (TPSA) is 66.9 Å². The molecule has 2 aliphatic rings. The molecule has 1 aromatic carbocycles. The molecule has 152 valence electrons. The number of carbonyl (C=O) groups is 3. The Labute approximate surface area is 178 Å². The van der Waals surface area contributed by atoms with Crippen LogP contribution in [0.25, 0.3) is 0 Å². The van der Waals surface area contributed by atoms with Crippen molar-refractivity contribution in [2.45, 2.75) is 45.1 Å². The Morgan fingerprint density at radius 2 is 1.93 bits per heavy atom. The van der Waals surface area contributed by atoms with E-state index in [2.05, 4.69) is 15.9 Å². The molecule has 0 N–H and O–H groups in total. The molecule has 3 rings (SSSR count). The Kier molecular flexibility index (Phi) is 7.04. The van der Waals surface area contributed by atoms with Gasteiger partial charge in [-0.15, -0.1) is 0 Å². The Morgan fingerprint density at radius 3 is 2.61 bits per heavy atom. The highest BCUT2D eigenvalue weighted by molar-refractivity contribution is 9.10. The van der Waals surface area contributed by atoms with Crippen LogP contribution < -0.4 is 9.80 Å². The van der Waals surface area contributed by atoms with Crippen molar-refractivity contribution in [3.8, 4) is 0 Å². The number of hydrogen-bond acceptors (Lipinski definition) is 5. The Hall–Kier alpha value is -1.54. The van der Waals surface area contributed by atoms with Crippen LogP contribution in [-0.4, -0.2) is 42.6 Å². The lowest BCUT2D eigenvalue weighted by atomic mass is 9.87. The van der Waals surface area contributed by atoms with E-state index in [1.165, 1.54) is 4.90 Å². The van der Waals surface area contributed by atoms with E-state index in [9.17, 15) is 14.4 Å². The van der Waals surface area contributed by atoms with Crippen LogP contribution in [-0.2, 0) is 14.3 Å². The average Bonchev–Trinajstić information content (AvgIpc) is 2.70. The van der Waals surface area contributed by atoms with Crippen molar-refractivity contribution in [2.75, 3.05) is 29.2 Å². The zero-order valence-electron chi connectivity index (χ0n) is 16.2. The second kappa shape index (κ2) is 9.31. The standard InChI is InChI=1S/C20H25BrN2O4S/c1-3-27-19(25)17-12-28-20(26)22(2)15-10-9-14(21)11-16(15)23(17)18(24)13-7-5-4-6-8-13/h9-11,13,17H,3-8,12H2,1-2H3/t17-/m0/s1. The van der Waals surface area contributed by atoms with Crippen molar-refractivity contribution in [1.29, 1.82) is 0 Å². The number of ether oxygens (including phenoxy) is 1. The van der Waals surface area contributed by atoms with Gasteiger partial charge in [0, 0.05) is 23.2 Å². The first kappa shape index (κ1) is 21.2. The first-order valence-corrected chi connectivity index (χ1v) is 11.4. The van der Waals surface area contributed by atoms with Crippen LogP contribution in [0.3, 0.4) is 0 Å². The molecule has 1 saturated carbocycles. The highest BCUT2D eigenvalue weighted by atomic mass is 79.9. The van der Waals surface area contributed by atoms with Crippen LogP contribution in [0, 0.1) is 5.92 Å². The second-order valence-electron chi connectivity index (χ2n) is 7.08. The Bertz CT molecular complexity index is 767. The van der Waals surface area contributed by atoms with Gasteiger partial charge < -0.3 is 9.64 Å². The summed E-state index contributed by atoms with van der Waals surface area (Å²) in [5.41, 5.74) is 1.18. The van der Waals surface area contributed by atoms with Gasteiger partial charge in [-0.25, -0.2) is 4.79 Å². The lowest BCUT2D eigenvalue weighted by Gasteiger charge is -2.38.